The number of halogens is 1. The van der Waals surface area contributed by atoms with Crippen molar-refractivity contribution in [2.75, 3.05) is 11.0 Å². The molecule has 1 aromatic carbocycles. The van der Waals surface area contributed by atoms with E-state index in [9.17, 15) is 0 Å². The van der Waals surface area contributed by atoms with Crippen LogP contribution < -0.4 is 4.78 Å². The fourth-order valence-electron chi connectivity index (χ4n) is 1.02. The highest BCUT2D eigenvalue weighted by molar-refractivity contribution is 8.75. The molecule has 2 rings (SSSR count). The summed E-state index contributed by atoms with van der Waals surface area (Å²) in [5, 5.41) is 4.43. The quantitative estimate of drug-likeness (QED) is 0.700. The van der Waals surface area contributed by atoms with Crippen molar-refractivity contribution in [1.82, 2.24) is 0 Å². The number of hydrogen-bond donors (Lipinski definition) is 0. The van der Waals surface area contributed by atoms with Gasteiger partial charge in [0.05, 0.1) is 5.69 Å². The largest absolute Gasteiger partial charge is 0.217 e. The minimum atomic E-state index is -0.752. The Morgan fingerprint density at radius 2 is 2.14 bits per heavy atom. The maximum atomic E-state index is 6.21. The third-order valence-corrected chi connectivity index (χ3v) is 6.68. The van der Waals surface area contributed by atoms with E-state index < -0.39 is 6.63 Å². The number of thioether (sulfide) groups is 1. The lowest BCUT2D eigenvalue weighted by Crippen LogP contribution is -2.00. The first kappa shape index (κ1) is 10.6. The van der Waals surface area contributed by atoms with Gasteiger partial charge in [0.15, 0.2) is 11.0 Å². The van der Waals surface area contributed by atoms with Crippen LogP contribution in [-0.2, 0) is 0 Å². The zero-order chi connectivity index (χ0) is 9.97. The van der Waals surface area contributed by atoms with Gasteiger partial charge in [0.2, 0.25) is 0 Å². The van der Waals surface area contributed by atoms with Crippen molar-refractivity contribution in [1.29, 1.82) is 0 Å². The molecule has 14 heavy (non-hydrogen) atoms. The summed E-state index contributed by atoms with van der Waals surface area (Å²) < 4.78 is 2.93. The molecule has 0 saturated carbocycles. The van der Waals surface area contributed by atoms with Crippen molar-refractivity contribution < 1.29 is 0 Å². The smallest absolute Gasteiger partial charge is 0.180 e. The molecule has 0 aromatic heterocycles. The van der Waals surface area contributed by atoms with Crippen LogP contribution in [0.2, 0.25) is 0 Å². The maximum Gasteiger partial charge on any atom is 0.180 e. The summed E-state index contributed by atoms with van der Waals surface area (Å²) in [7, 11) is 0. The summed E-state index contributed by atoms with van der Waals surface area (Å²) in [5.74, 6) is 0. The molecule has 1 aliphatic heterocycles. The summed E-state index contributed by atoms with van der Waals surface area (Å²) in [6.07, 6.45) is 2.01. The molecule has 0 aliphatic carbocycles. The Morgan fingerprint density at radius 1 is 1.43 bits per heavy atom. The Bertz CT molecular complexity index is 346. The molecule has 0 N–H and O–H groups in total. The minimum Gasteiger partial charge on any atom is -0.217 e. The molecular formula is C8H8ClN2PS2. The van der Waals surface area contributed by atoms with Crippen LogP contribution in [0.4, 0.5) is 5.69 Å². The average Bonchev–Trinajstić information content (AvgIpc) is 2.61. The molecule has 1 heterocycles. The Balaban J connectivity index is 2.23. The monoisotopic (exact) mass is 262 g/mol. The van der Waals surface area contributed by atoms with Crippen LogP contribution in [-0.4, -0.2) is 10.6 Å². The Labute approximate surface area is 97.4 Å². The summed E-state index contributed by atoms with van der Waals surface area (Å²) in [6.45, 7) is -0.752. The van der Waals surface area contributed by atoms with Crippen LogP contribution >= 0.6 is 41.0 Å². The molecular weight excluding hydrogens is 255 g/mol. The van der Waals surface area contributed by atoms with Crippen LogP contribution in [0.1, 0.15) is 0 Å². The first-order valence-corrected chi connectivity index (χ1v) is 8.77. The van der Waals surface area contributed by atoms with Gasteiger partial charge in [-0.2, -0.15) is 5.10 Å². The van der Waals surface area contributed by atoms with Gasteiger partial charge in [-0.25, -0.2) is 4.78 Å². The SMILES string of the molecule is CSC1=NN(c2ccccc2)P(Cl)S1. The fraction of sp³-hybridized carbons (Fsp3) is 0.125. The number of nitrogens with zero attached hydrogens (tertiary/aromatic N) is 2. The second-order valence-electron chi connectivity index (χ2n) is 2.51. The van der Waals surface area contributed by atoms with Gasteiger partial charge < -0.3 is 0 Å². The van der Waals surface area contributed by atoms with E-state index in [1.807, 2.05) is 41.4 Å². The van der Waals surface area contributed by atoms with E-state index in [-0.39, 0.29) is 0 Å². The van der Waals surface area contributed by atoms with Gasteiger partial charge in [0.25, 0.3) is 0 Å². The topological polar surface area (TPSA) is 15.6 Å². The average molecular weight is 263 g/mol. The highest BCUT2D eigenvalue weighted by Gasteiger charge is 2.26. The third kappa shape index (κ3) is 2.19. The third-order valence-electron chi connectivity index (χ3n) is 1.64. The van der Waals surface area contributed by atoms with Crippen molar-refractivity contribution in [3.05, 3.63) is 30.3 Å². The lowest BCUT2D eigenvalue weighted by molar-refractivity contribution is 1.22. The minimum absolute atomic E-state index is 0.752. The van der Waals surface area contributed by atoms with E-state index in [1.54, 1.807) is 23.1 Å². The molecule has 0 spiro atoms. The van der Waals surface area contributed by atoms with Crippen molar-refractivity contribution in [3.63, 3.8) is 0 Å². The fourth-order valence-corrected chi connectivity index (χ4v) is 6.15. The molecule has 1 aromatic rings. The van der Waals surface area contributed by atoms with Gasteiger partial charge in [0.1, 0.15) is 0 Å². The first-order chi connectivity index (χ1) is 6.81. The highest BCUT2D eigenvalue weighted by atomic mass is 35.7. The van der Waals surface area contributed by atoms with E-state index in [0.717, 1.165) is 10.1 Å². The normalized spacial score (nSPS) is 21.1. The van der Waals surface area contributed by atoms with E-state index in [2.05, 4.69) is 5.10 Å². The number of benzene rings is 1. The van der Waals surface area contributed by atoms with Crippen molar-refractivity contribution in [3.8, 4) is 0 Å². The van der Waals surface area contributed by atoms with E-state index >= 15 is 0 Å². The second-order valence-corrected chi connectivity index (χ2v) is 8.11. The van der Waals surface area contributed by atoms with Gasteiger partial charge in [-0.3, -0.25) is 0 Å². The van der Waals surface area contributed by atoms with Gasteiger partial charge in [-0.15, -0.1) is 11.8 Å². The van der Waals surface area contributed by atoms with Crippen LogP contribution in [0.5, 0.6) is 0 Å². The molecule has 0 saturated heterocycles. The Morgan fingerprint density at radius 3 is 2.71 bits per heavy atom. The van der Waals surface area contributed by atoms with Crippen LogP contribution in [0.25, 0.3) is 0 Å². The molecule has 0 radical (unpaired) electrons. The van der Waals surface area contributed by atoms with Crippen LogP contribution in [0, 0.1) is 0 Å². The van der Waals surface area contributed by atoms with Gasteiger partial charge in [0, 0.05) is 0 Å². The molecule has 6 heteroatoms. The lowest BCUT2D eigenvalue weighted by Gasteiger charge is -2.15. The second kappa shape index (κ2) is 4.75. The van der Waals surface area contributed by atoms with Gasteiger partial charge >= 0.3 is 0 Å². The van der Waals surface area contributed by atoms with Crippen LogP contribution in [0.15, 0.2) is 35.4 Å². The Hall–Kier alpha value is 0.110. The summed E-state index contributed by atoms with van der Waals surface area (Å²) >= 11 is 9.49. The molecule has 74 valence electrons. The van der Waals surface area contributed by atoms with E-state index in [0.29, 0.717) is 0 Å². The number of rotatable bonds is 1. The van der Waals surface area contributed by atoms with Gasteiger partial charge in [-0.05, 0) is 29.8 Å². The zero-order valence-electron chi connectivity index (χ0n) is 7.42. The number of anilines is 1. The van der Waals surface area contributed by atoms with Crippen molar-refractivity contribution >= 4 is 51.1 Å². The van der Waals surface area contributed by atoms with Crippen molar-refractivity contribution in [2.45, 2.75) is 0 Å². The number of hydrazone groups is 1. The van der Waals surface area contributed by atoms with E-state index in [1.165, 1.54) is 0 Å². The molecule has 0 bridgehead atoms. The molecule has 2 nitrogen and oxygen atoms in total. The summed E-state index contributed by atoms with van der Waals surface area (Å²) in [6, 6.07) is 10.0. The molecule has 1 atom stereocenters. The number of para-hydroxylation sites is 1. The predicted octanol–water partition coefficient (Wildman–Crippen LogP) is 4.34. The highest BCUT2D eigenvalue weighted by Crippen LogP contribution is 2.64. The zero-order valence-corrected chi connectivity index (χ0v) is 10.7. The maximum absolute atomic E-state index is 6.21. The molecule has 1 aliphatic rings. The predicted molar refractivity (Wildman–Crippen MR) is 70.2 cm³/mol. The number of hydrogen-bond acceptors (Lipinski definition) is 4. The molecule has 1 unspecified atom stereocenters. The van der Waals surface area contributed by atoms with Crippen LogP contribution in [0.3, 0.4) is 0 Å². The Kier molecular flexibility index (Phi) is 3.61. The van der Waals surface area contributed by atoms with Gasteiger partial charge in [-0.1, -0.05) is 29.4 Å². The molecule has 0 amide bonds. The molecule has 0 fully saturated rings. The lowest BCUT2D eigenvalue weighted by atomic mass is 10.3. The summed E-state index contributed by atoms with van der Waals surface area (Å²) in [5.41, 5.74) is 1.06. The van der Waals surface area contributed by atoms with E-state index in [4.69, 9.17) is 11.2 Å². The summed E-state index contributed by atoms with van der Waals surface area (Å²) in [4.78, 5) is 0. The first-order valence-electron chi connectivity index (χ1n) is 3.93. The standard InChI is InChI=1S/C8H8ClN2PS2/c1-13-8-10-11(12(9)14-8)7-5-3-2-4-6-7/h2-6H,1H3. The van der Waals surface area contributed by atoms with Crippen molar-refractivity contribution in [2.24, 2.45) is 5.10 Å².